The van der Waals surface area contributed by atoms with Crippen LogP contribution in [0.2, 0.25) is 0 Å². The smallest absolute Gasteiger partial charge is 0.274 e. The highest BCUT2D eigenvalue weighted by molar-refractivity contribution is 5.91. The van der Waals surface area contributed by atoms with E-state index >= 15 is 0 Å². The minimum Gasteiger partial charge on any atom is -0.471 e. The Morgan fingerprint density at radius 3 is 2.41 bits per heavy atom. The topological polar surface area (TPSA) is 65.2 Å². The van der Waals surface area contributed by atoms with Gasteiger partial charge < -0.3 is 9.64 Å². The number of hydrogen-bond acceptors (Lipinski definition) is 4. The molecule has 0 atom stereocenters. The summed E-state index contributed by atoms with van der Waals surface area (Å²) >= 11 is 0. The quantitative estimate of drug-likeness (QED) is 0.640. The number of carbonyl (C=O) groups is 1. The SMILES string of the molecule is Cc1nn(C)cc1CN(C)C(=O)c1ccn(COc2ccc(C(C)(C)C)cc2)n1. The lowest BCUT2D eigenvalue weighted by Crippen LogP contribution is -2.27. The molecule has 3 aromatic rings. The van der Waals surface area contributed by atoms with Gasteiger partial charge in [0.15, 0.2) is 12.4 Å². The van der Waals surface area contributed by atoms with Crippen molar-refractivity contribution in [2.45, 2.75) is 46.4 Å². The molecule has 0 radical (unpaired) electrons. The van der Waals surface area contributed by atoms with Crippen LogP contribution in [-0.2, 0) is 25.7 Å². The van der Waals surface area contributed by atoms with Gasteiger partial charge in [0.2, 0.25) is 0 Å². The summed E-state index contributed by atoms with van der Waals surface area (Å²) in [6.45, 7) is 9.21. The van der Waals surface area contributed by atoms with Gasteiger partial charge in [0.05, 0.1) is 5.69 Å². The molecule has 29 heavy (non-hydrogen) atoms. The minimum atomic E-state index is -0.137. The summed E-state index contributed by atoms with van der Waals surface area (Å²) in [5.74, 6) is 0.632. The van der Waals surface area contributed by atoms with Gasteiger partial charge in [-0.2, -0.15) is 10.2 Å². The highest BCUT2D eigenvalue weighted by atomic mass is 16.5. The molecule has 0 fully saturated rings. The third-order valence-corrected chi connectivity index (χ3v) is 4.81. The average Bonchev–Trinajstić information content (AvgIpc) is 3.25. The molecule has 2 heterocycles. The first-order valence-corrected chi connectivity index (χ1v) is 9.65. The van der Waals surface area contributed by atoms with Gasteiger partial charge in [-0.05, 0) is 36.1 Å². The largest absolute Gasteiger partial charge is 0.471 e. The number of amides is 1. The summed E-state index contributed by atoms with van der Waals surface area (Å²) in [6, 6.07) is 9.77. The van der Waals surface area contributed by atoms with Crippen LogP contribution in [0.3, 0.4) is 0 Å². The van der Waals surface area contributed by atoms with Crippen LogP contribution in [-0.4, -0.2) is 37.4 Å². The summed E-state index contributed by atoms with van der Waals surface area (Å²) in [7, 11) is 3.64. The van der Waals surface area contributed by atoms with Gasteiger partial charge >= 0.3 is 0 Å². The van der Waals surface area contributed by atoms with Crippen molar-refractivity contribution in [2.24, 2.45) is 7.05 Å². The summed E-state index contributed by atoms with van der Waals surface area (Å²) in [5, 5.41) is 8.67. The molecule has 0 aliphatic heterocycles. The lowest BCUT2D eigenvalue weighted by Gasteiger charge is -2.19. The highest BCUT2D eigenvalue weighted by Gasteiger charge is 2.17. The number of nitrogens with zero attached hydrogens (tertiary/aromatic N) is 5. The van der Waals surface area contributed by atoms with Crippen LogP contribution in [0.4, 0.5) is 0 Å². The van der Waals surface area contributed by atoms with Crippen molar-refractivity contribution in [1.29, 1.82) is 0 Å². The van der Waals surface area contributed by atoms with Crippen molar-refractivity contribution < 1.29 is 9.53 Å². The lowest BCUT2D eigenvalue weighted by atomic mass is 9.87. The van der Waals surface area contributed by atoms with E-state index in [1.54, 1.807) is 33.6 Å². The normalized spacial score (nSPS) is 11.5. The van der Waals surface area contributed by atoms with Crippen molar-refractivity contribution in [3.63, 3.8) is 0 Å². The van der Waals surface area contributed by atoms with Gasteiger partial charge in [0.25, 0.3) is 5.91 Å². The fourth-order valence-electron chi connectivity index (χ4n) is 3.07. The van der Waals surface area contributed by atoms with E-state index in [4.69, 9.17) is 4.74 Å². The summed E-state index contributed by atoms with van der Waals surface area (Å²) in [6.07, 6.45) is 3.68. The summed E-state index contributed by atoms with van der Waals surface area (Å²) in [4.78, 5) is 14.3. The molecule has 1 aromatic carbocycles. The molecule has 2 aromatic heterocycles. The van der Waals surface area contributed by atoms with Crippen LogP contribution >= 0.6 is 0 Å². The number of ether oxygens (including phenoxy) is 1. The van der Waals surface area contributed by atoms with E-state index in [1.807, 2.05) is 32.3 Å². The zero-order valence-corrected chi connectivity index (χ0v) is 18.0. The molecule has 0 aliphatic rings. The van der Waals surface area contributed by atoms with E-state index in [0.717, 1.165) is 17.0 Å². The maximum atomic E-state index is 12.7. The maximum Gasteiger partial charge on any atom is 0.274 e. The number of aryl methyl sites for hydroxylation is 2. The third-order valence-electron chi connectivity index (χ3n) is 4.81. The van der Waals surface area contributed by atoms with E-state index in [2.05, 4.69) is 43.1 Å². The maximum absolute atomic E-state index is 12.7. The van der Waals surface area contributed by atoms with Gasteiger partial charge in [-0.15, -0.1) is 0 Å². The first-order chi connectivity index (χ1) is 13.6. The second-order valence-electron chi connectivity index (χ2n) is 8.36. The first-order valence-electron chi connectivity index (χ1n) is 9.65. The summed E-state index contributed by atoms with van der Waals surface area (Å²) in [5.41, 5.74) is 3.69. The van der Waals surface area contributed by atoms with Crippen LogP contribution in [0, 0.1) is 6.92 Å². The van der Waals surface area contributed by atoms with E-state index in [0.29, 0.717) is 12.2 Å². The molecule has 0 aliphatic carbocycles. The van der Waals surface area contributed by atoms with Crippen molar-refractivity contribution in [3.8, 4) is 5.75 Å². The first kappa shape index (κ1) is 20.6. The number of rotatable bonds is 6. The molecule has 1 amide bonds. The lowest BCUT2D eigenvalue weighted by molar-refractivity contribution is 0.0777. The zero-order valence-electron chi connectivity index (χ0n) is 18.0. The standard InChI is InChI=1S/C22H29N5O2/c1-16-17(14-26(6)23-16)13-25(5)21(28)20-11-12-27(24-20)15-29-19-9-7-18(8-10-19)22(2,3)4/h7-12,14H,13,15H2,1-6H3. The predicted molar refractivity (Wildman–Crippen MR) is 112 cm³/mol. The Bertz CT molecular complexity index is 980. The van der Waals surface area contributed by atoms with Crippen LogP contribution in [0.1, 0.15) is 48.1 Å². The van der Waals surface area contributed by atoms with Crippen LogP contribution in [0.15, 0.2) is 42.7 Å². The van der Waals surface area contributed by atoms with E-state index in [-0.39, 0.29) is 18.1 Å². The molecular weight excluding hydrogens is 366 g/mol. The van der Waals surface area contributed by atoms with Gasteiger partial charge in [-0.25, -0.2) is 4.68 Å². The third kappa shape index (κ3) is 5.04. The number of aromatic nitrogens is 4. The Morgan fingerprint density at radius 1 is 1.14 bits per heavy atom. The Kier molecular flexibility index (Phi) is 5.77. The second-order valence-corrected chi connectivity index (χ2v) is 8.36. The molecule has 0 spiro atoms. The number of carbonyl (C=O) groups excluding carboxylic acids is 1. The van der Waals surface area contributed by atoms with E-state index in [9.17, 15) is 4.79 Å². The average molecular weight is 396 g/mol. The molecule has 0 saturated heterocycles. The summed E-state index contributed by atoms with van der Waals surface area (Å²) < 4.78 is 9.16. The molecule has 0 N–H and O–H groups in total. The van der Waals surface area contributed by atoms with Crippen molar-refractivity contribution >= 4 is 5.91 Å². The molecule has 154 valence electrons. The Morgan fingerprint density at radius 2 is 1.83 bits per heavy atom. The molecule has 3 rings (SSSR count). The van der Waals surface area contributed by atoms with Gasteiger partial charge in [-0.3, -0.25) is 9.48 Å². The second kappa shape index (κ2) is 8.11. The molecule has 0 unspecified atom stereocenters. The predicted octanol–water partition coefficient (Wildman–Crippen LogP) is 3.53. The number of hydrogen-bond donors (Lipinski definition) is 0. The molecule has 7 nitrogen and oxygen atoms in total. The van der Waals surface area contributed by atoms with Crippen molar-refractivity contribution in [1.82, 2.24) is 24.5 Å². The highest BCUT2D eigenvalue weighted by Crippen LogP contribution is 2.24. The number of benzene rings is 1. The molecular formula is C22H29N5O2. The Hall–Kier alpha value is -3.09. The zero-order chi connectivity index (χ0) is 21.2. The monoisotopic (exact) mass is 395 g/mol. The minimum absolute atomic E-state index is 0.107. The van der Waals surface area contributed by atoms with Gasteiger partial charge in [0.1, 0.15) is 5.75 Å². The fraction of sp³-hybridized carbons (Fsp3) is 0.409. The molecule has 7 heteroatoms. The van der Waals surface area contributed by atoms with E-state index in [1.165, 1.54) is 5.56 Å². The van der Waals surface area contributed by atoms with Gasteiger partial charge in [0, 0.05) is 38.6 Å². The fourth-order valence-corrected chi connectivity index (χ4v) is 3.07. The Labute approximate surface area is 171 Å². The van der Waals surface area contributed by atoms with Gasteiger partial charge in [-0.1, -0.05) is 32.9 Å². The van der Waals surface area contributed by atoms with Crippen LogP contribution in [0.5, 0.6) is 5.75 Å². The molecule has 0 saturated carbocycles. The Balaban J connectivity index is 1.58. The van der Waals surface area contributed by atoms with E-state index < -0.39 is 0 Å². The van der Waals surface area contributed by atoms with Crippen molar-refractivity contribution in [2.75, 3.05) is 7.05 Å². The van der Waals surface area contributed by atoms with Crippen molar-refractivity contribution in [3.05, 3.63) is 65.2 Å². The van der Waals surface area contributed by atoms with Crippen LogP contribution < -0.4 is 4.74 Å². The van der Waals surface area contributed by atoms with Crippen LogP contribution in [0.25, 0.3) is 0 Å². The molecule has 0 bridgehead atoms.